The SMILES string of the molecule is C=C/C=C(C)/C=C/C1=C(C)CC2(CC1(C)C)OCCO2. The zero-order valence-corrected chi connectivity index (χ0v) is 13.2. The van der Waals surface area contributed by atoms with Crippen LogP contribution in [-0.2, 0) is 9.47 Å². The predicted octanol–water partition coefficient (Wildman–Crippen LogP) is 4.55. The van der Waals surface area contributed by atoms with Crippen LogP contribution in [0, 0.1) is 5.41 Å². The van der Waals surface area contributed by atoms with Crippen molar-refractivity contribution >= 4 is 0 Å². The van der Waals surface area contributed by atoms with Crippen molar-refractivity contribution in [3.63, 3.8) is 0 Å². The molecule has 2 aliphatic rings. The highest BCUT2D eigenvalue weighted by Gasteiger charge is 2.46. The van der Waals surface area contributed by atoms with Crippen LogP contribution in [0.1, 0.15) is 40.5 Å². The Kier molecular flexibility index (Phi) is 4.36. The molecule has 1 aliphatic carbocycles. The highest BCUT2D eigenvalue weighted by molar-refractivity contribution is 5.38. The van der Waals surface area contributed by atoms with Gasteiger partial charge in [-0.25, -0.2) is 0 Å². The van der Waals surface area contributed by atoms with Crippen molar-refractivity contribution in [3.8, 4) is 0 Å². The molecular formula is C18H26O2. The van der Waals surface area contributed by atoms with Gasteiger partial charge in [0.1, 0.15) is 0 Å². The maximum absolute atomic E-state index is 5.89. The Morgan fingerprint density at radius 3 is 2.45 bits per heavy atom. The van der Waals surface area contributed by atoms with Gasteiger partial charge < -0.3 is 9.47 Å². The van der Waals surface area contributed by atoms with E-state index in [-0.39, 0.29) is 11.2 Å². The average Bonchev–Trinajstić information content (AvgIpc) is 2.74. The van der Waals surface area contributed by atoms with E-state index in [2.05, 4.69) is 46.4 Å². The summed E-state index contributed by atoms with van der Waals surface area (Å²) in [6.45, 7) is 14.0. The van der Waals surface area contributed by atoms with Gasteiger partial charge in [-0.3, -0.25) is 0 Å². The molecule has 0 atom stereocenters. The van der Waals surface area contributed by atoms with E-state index in [1.165, 1.54) is 16.7 Å². The average molecular weight is 274 g/mol. The van der Waals surface area contributed by atoms with Gasteiger partial charge in [-0.1, -0.05) is 55.9 Å². The van der Waals surface area contributed by atoms with Crippen molar-refractivity contribution in [3.05, 3.63) is 47.6 Å². The topological polar surface area (TPSA) is 18.5 Å². The monoisotopic (exact) mass is 274 g/mol. The summed E-state index contributed by atoms with van der Waals surface area (Å²) in [6, 6.07) is 0. The van der Waals surface area contributed by atoms with E-state index in [1.54, 1.807) is 0 Å². The van der Waals surface area contributed by atoms with Gasteiger partial charge in [0.2, 0.25) is 0 Å². The fourth-order valence-electron chi connectivity index (χ4n) is 3.43. The first-order chi connectivity index (χ1) is 9.38. The summed E-state index contributed by atoms with van der Waals surface area (Å²) in [4.78, 5) is 0. The molecule has 20 heavy (non-hydrogen) atoms. The van der Waals surface area contributed by atoms with Crippen LogP contribution in [0.4, 0.5) is 0 Å². The van der Waals surface area contributed by atoms with Crippen LogP contribution in [0.2, 0.25) is 0 Å². The number of allylic oxidation sites excluding steroid dienone is 6. The van der Waals surface area contributed by atoms with Gasteiger partial charge in [-0.2, -0.15) is 0 Å². The molecule has 110 valence electrons. The number of rotatable bonds is 3. The molecule has 0 aromatic heterocycles. The number of ether oxygens (including phenoxy) is 2. The third-order valence-electron chi connectivity index (χ3n) is 4.14. The van der Waals surface area contributed by atoms with E-state index in [4.69, 9.17) is 9.47 Å². The molecule has 0 unspecified atom stereocenters. The molecule has 0 aromatic carbocycles. The quantitative estimate of drug-likeness (QED) is 0.703. The first-order valence-electron chi connectivity index (χ1n) is 7.34. The molecule has 2 rings (SSSR count). The Hall–Kier alpha value is -1.12. The third kappa shape index (κ3) is 3.13. The third-order valence-corrected chi connectivity index (χ3v) is 4.14. The Labute approximate surface area is 122 Å². The lowest BCUT2D eigenvalue weighted by Gasteiger charge is -2.42. The van der Waals surface area contributed by atoms with Gasteiger partial charge in [0.25, 0.3) is 0 Å². The highest BCUT2D eigenvalue weighted by Crippen LogP contribution is 2.48. The lowest BCUT2D eigenvalue weighted by atomic mass is 9.70. The van der Waals surface area contributed by atoms with Crippen molar-refractivity contribution in [2.24, 2.45) is 5.41 Å². The second kappa shape index (κ2) is 5.71. The molecule has 0 N–H and O–H groups in total. The van der Waals surface area contributed by atoms with E-state index in [9.17, 15) is 0 Å². The highest BCUT2D eigenvalue weighted by atomic mass is 16.7. The van der Waals surface area contributed by atoms with E-state index in [0.717, 1.165) is 26.1 Å². The van der Waals surface area contributed by atoms with Crippen LogP contribution >= 0.6 is 0 Å². The molecule has 1 spiro atoms. The molecule has 1 heterocycles. The molecule has 0 amide bonds. The van der Waals surface area contributed by atoms with Crippen molar-refractivity contribution in [1.82, 2.24) is 0 Å². The number of hydrogen-bond acceptors (Lipinski definition) is 2. The van der Waals surface area contributed by atoms with Crippen molar-refractivity contribution in [1.29, 1.82) is 0 Å². The summed E-state index contributed by atoms with van der Waals surface area (Å²) in [5.41, 5.74) is 4.05. The van der Waals surface area contributed by atoms with Gasteiger partial charge in [0.15, 0.2) is 5.79 Å². The molecule has 0 bridgehead atoms. The molecule has 0 saturated carbocycles. The van der Waals surface area contributed by atoms with Gasteiger partial charge in [-0.05, 0) is 24.8 Å². The summed E-state index contributed by atoms with van der Waals surface area (Å²) in [5.74, 6) is -0.378. The lowest BCUT2D eigenvalue weighted by Crippen LogP contribution is -2.40. The summed E-state index contributed by atoms with van der Waals surface area (Å²) >= 11 is 0. The van der Waals surface area contributed by atoms with E-state index in [0.29, 0.717) is 0 Å². The summed E-state index contributed by atoms with van der Waals surface area (Å²) in [6.07, 6.45) is 10.0. The smallest absolute Gasteiger partial charge is 0.173 e. The van der Waals surface area contributed by atoms with Gasteiger partial charge in [0.05, 0.1) is 13.2 Å². The predicted molar refractivity (Wildman–Crippen MR) is 83.4 cm³/mol. The standard InChI is InChI=1S/C18H26O2/c1-6-7-14(2)8-9-16-15(3)12-18(13-17(16,4)5)19-10-11-20-18/h6-9H,1,10-13H2,2-5H3/b9-8+,14-7+. The summed E-state index contributed by atoms with van der Waals surface area (Å²) in [5, 5.41) is 0. The van der Waals surface area contributed by atoms with Crippen molar-refractivity contribution in [2.75, 3.05) is 13.2 Å². The minimum absolute atomic E-state index is 0.0671. The van der Waals surface area contributed by atoms with Crippen LogP contribution in [-0.4, -0.2) is 19.0 Å². The minimum Gasteiger partial charge on any atom is -0.347 e. The van der Waals surface area contributed by atoms with Gasteiger partial charge in [0, 0.05) is 12.8 Å². The van der Waals surface area contributed by atoms with Crippen LogP contribution in [0.15, 0.2) is 47.6 Å². The second-order valence-electron chi connectivity index (χ2n) is 6.52. The van der Waals surface area contributed by atoms with Crippen LogP contribution in [0.25, 0.3) is 0 Å². The Morgan fingerprint density at radius 1 is 1.25 bits per heavy atom. The molecule has 1 saturated heterocycles. The molecule has 0 radical (unpaired) electrons. The summed E-state index contributed by atoms with van der Waals surface area (Å²) in [7, 11) is 0. The maximum Gasteiger partial charge on any atom is 0.173 e. The first-order valence-corrected chi connectivity index (χ1v) is 7.34. The molecule has 0 aromatic rings. The summed E-state index contributed by atoms with van der Waals surface area (Å²) < 4.78 is 11.8. The first kappa shape index (κ1) is 15.3. The number of hydrogen-bond donors (Lipinski definition) is 0. The van der Waals surface area contributed by atoms with Crippen LogP contribution < -0.4 is 0 Å². The van der Waals surface area contributed by atoms with Crippen molar-refractivity contribution in [2.45, 2.75) is 46.3 Å². The molecule has 2 heteroatoms. The van der Waals surface area contributed by atoms with Crippen LogP contribution in [0.5, 0.6) is 0 Å². The fraction of sp³-hybridized carbons (Fsp3) is 0.556. The molecule has 1 aliphatic heterocycles. The zero-order chi connectivity index (χ0) is 14.8. The largest absolute Gasteiger partial charge is 0.347 e. The van der Waals surface area contributed by atoms with E-state index in [1.807, 2.05) is 12.2 Å². The Morgan fingerprint density at radius 2 is 1.90 bits per heavy atom. The Bertz CT molecular complexity index is 472. The molecule has 1 fully saturated rings. The minimum atomic E-state index is -0.378. The molecular weight excluding hydrogens is 248 g/mol. The zero-order valence-electron chi connectivity index (χ0n) is 13.2. The fourth-order valence-corrected chi connectivity index (χ4v) is 3.43. The normalized spacial score (nSPS) is 25.7. The van der Waals surface area contributed by atoms with E-state index < -0.39 is 0 Å². The van der Waals surface area contributed by atoms with Gasteiger partial charge >= 0.3 is 0 Å². The lowest BCUT2D eigenvalue weighted by molar-refractivity contribution is -0.178. The second-order valence-corrected chi connectivity index (χ2v) is 6.52. The Balaban J connectivity index is 2.27. The van der Waals surface area contributed by atoms with Crippen LogP contribution in [0.3, 0.4) is 0 Å². The van der Waals surface area contributed by atoms with E-state index >= 15 is 0 Å². The maximum atomic E-state index is 5.89. The molecule has 2 nitrogen and oxygen atoms in total. The van der Waals surface area contributed by atoms with Crippen molar-refractivity contribution < 1.29 is 9.47 Å². The van der Waals surface area contributed by atoms with Gasteiger partial charge in [-0.15, -0.1) is 0 Å².